The van der Waals surface area contributed by atoms with Crippen LogP contribution in [0.25, 0.3) is 6.08 Å². The first-order valence-electron chi connectivity index (χ1n) is 4.22. The number of hydrogen-bond donors (Lipinski definition) is 1. The van der Waals surface area contributed by atoms with Crippen LogP contribution >= 0.6 is 11.6 Å². The molecule has 1 rings (SSSR count). The fourth-order valence-electron chi connectivity index (χ4n) is 0.950. The van der Waals surface area contributed by atoms with Gasteiger partial charge in [0, 0.05) is 5.88 Å². The van der Waals surface area contributed by atoms with Gasteiger partial charge in [0.25, 0.3) is 0 Å². The summed E-state index contributed by atoms with van der Waals surface area (Å²) in [6.45, 7) is 0. The summed E-state index contributed by atoms with van der Waals surface area (Å²) in [5, 5.41) is 19.6. The molecule has 1 N–H and O–H groups in total. The van der Waals surface area contributed by atoms with Gasteiger partial charge in [0.15, 0.2) is 5.69 Å². The molecule has 0 unspecified atom stereocenters. The molecule has 0 fully saturated rings. The quantitative estimate of drug-likeness (QED) is 0.488. The van der Waals surface area contributed by atoms with Crippen molar-refractivity contribution in [3.05, 3.63) is 34.0 Å². The molecule has 0 saturated heterocycles. The van der Waals surface area contributed by atoms with Crippen molar-refractivity contribution in [1.82, 2.24) is 4.98 Å². The Morgan fingerprint density at radius 3 is 2.93 bits per heavy atom. The van der Waals surface area contributed by atoms with Gasteiger partial charge in [-0.1, -0.05) is 6.08 Å². The lowest BCUT2D eigenvalue weighted by molar-refractivity contribution is -0.390. The van der Waals surface area contributed by atoms with Gasteiger partial charge in [-0.3, -0.25) is 0 Å². The summed E-state index contributed by atoms with van der Waals surface area (Å²) in [6, 6.07) is 2.73. The number of aromatic hydroxyl groups is 1. The number of rotatable bonds is 4. The van der Waals surface area contributed by atoms with Crippen molar-refractivity contribution in [3.63, 3.8) is 0 Å². The smallest absolute Gasteiger partial charge is 0.406 e. The van der Waals surface area contributed by atoms with E-state index >= 15 is 0 Å². The lowest BCUT2D eigenvalue weighted by atomic mass is 10.3. The average Bonchev–Trinajstić information content (AvgIpc) is 2.20. The first-order chi connectivity index (χ1) is 7.15. The molecule has 0 bridgehead atoms. The Balaban J connectivity index is 2.92. The SMILES string of the molecule is O=[N+]([O-])c1nc(C=CCCCl)ccc1O. The highest BCUT2D eigenvalue weighted by Gasteiger charge is 2.15. The number of alkyl halides is 1. The molecular weight excluding hydrogens is 220 g/mol. The van der Waals surface area contributed by atoms with E-state index in [1.165, 1.54) is 12.1 Å². The van der Waals surface area contributed by atoms with Gasteiger partial charge in [0.1, 0.15) is 0 Å². The standard InChI is InChI=1S/C9H9ClN2O3/c10-6-2-1-3-7-4-5-8(13)9(11-7)12(14)15/h1,3-5,13H,2,6H2. The maximum Gasteiger partial charge on any atom is 0.406 e. The molecule has 0 amide bonds. The van der Waals surface area contributed by atoms with E-state index in [4.69, 9.17) is 16.7 Å². The van der Waals surface area contributed by atoms with E-state index in [1.807, 2.05) is 0 Å². The van der Waals surface area contributed by atoms with Crippen molar-refractivity contribution < 1.29 is 10.0 Å². The zero-order chi connectivity index (χ0) is 11.3. The van der Waals surface area contributed by atoms with Crippen LogP contribution in [-0.2, 0) is 0 Å². The summed E-state index contributed by atoms with van der Waals surface area (Å²) in [5.41, 5.74) is 0.421. The van der Waals surface area contributed by atoms with E-state index in [0.717, 1.165) is 0 Å². The Morgan fingerprint density at radius 1 is 1.60 bits per heavy atom. The molecule has 0 aromatic carbocycles. The van der Waals surface area contributed by atoms with Gasteiger partial charge < -0.3 is 15.2 Å². The predicted octanol–water partition coefficient (Wildman–Crippen LogP) is 2.34. The van der Waals surface area contributed by atoms with E-state index in [1.54, 1.807) is 12.2 Å². The van der Waals surface area contributed by atoms with Crippen LogP contribution in [0.5, 0.6) is 5.75 Å². The normalized spacial score (nSPS) is 10.7. The molecule has 1 aromatic rings. The van der Waals surface area contributed by atoms with Crippen LogP contribution in [0.15, 0.2) is 18.2 Å². The van der Waals surface area contributed by atoms with Crippen molar-refractivity contribution in [3.8, 4) is 5.75 Å². The molecule has 6 heteroatoms. The molecule has 0 aliphatic rings. The van der Waals surface area contributed by atoms with E-state index in [2.05, 4.69) is 4.98 Å². The summed E-state index contributed by atoms with van der Waals surface area (Å²) in [5.74, 6) is -0.492. The lowest BCUT2D eigenvalue weighted by Crippen LogP contribution is -1.93. The minimum absolute atomic E-state index is 0.421. The maximum absolute atomic E-state index is 10.4. The molecule has 15 heavy (non-hydrogen) atoms. The molecular formula is C9H9ClN2O3. The predicted molar refractivity (Wildman–Crippen MR) is 56.9 cm³/mol. The zero-order valence-corrected chi connectivity index (χ0v) is 8.52. The summed E-state index contributed by atoms with van der Waals surface area (Å²) in [6.07, 6.45) is 4.04. The third-order valence-corrected chi connectivity index (χ3v) is 1.83. The Morgan fingerprint density at radius 2 is 2.33 bits per heavy atom. The highest BCUT2D eigenvalue weighted by Crippen LogP contribution is 2.22. The van der Waals surface area contributed by atoms with Crippen molar-refractivity contribution in [2.24, 2.45) is 0 Å². The van der Waals surface area contributed by atoms with Crippen molar-refractivity contribution in [2.75, 3.05) is 5.88 Å². The van der Waals surface area contributed by atoms with Crippen LogP contribution < -0.4 is 0 Å². The third kappa shape index (κ3) is 3.21. The molecule has 5 nitrogen and oxygen atoms in total. The average molecular weight is 229 g/mol. The molecule has 0 atom stereocenters. The van der Waals surface area contributed by atoms with Crippen molar-refractivity contribution >= 4 is 23.5 Å². The molecule has 0 radical (unpaired) electrons. The first-order valence-corrected chi connectivity index (χ1v) is 4.75. The number of nitrogens with zero attached hydrogens (tertiary/aromatic N) is 2. The van der Waals surface area contributed by atoms with Crippen LogP contribution in [0, 0.1) is 10.1 Å². The Kier molecular flexibility index (Phi) is 4.05. The number of halogens is 1. The largest absolute Gasteiger partial charge is 0.501 e. The molecule has 80 valence electrons. The van der Waals surface area contributed by atoms with Crippen LogP contribution in [0.4, 0.5) is 5.82 Å². The minimum Gasteiger partial charge on any atom is -0.501 e. The maximum atomic E-state index is 10.4. The monoisotopic (exact) mass is 228 g/mol. The minimum atomic E-state index is -0.728. The fourth-order valence-corrected chi connectivity index (χ4v) is 1.08. The van der Waals surface area contributed by atoms with Gasteiger partial charge in [0.05, 0.1) is 0 Å². The van der Waals surface area contributed by atoms with E-state index in [0.29, 0.717) is 18.0 Å². The summed E-state index contributed by atoms with van der Waals surface area (Å²) >= 11 is 5.45. The second kappa shape index (κ2) is 5.31. The van der Waals surface area contributed by atoms with Gasteiger partial charge in [-0.25, -0.2) is 0 Å². The summed E-state index contributed by atoms with van der Waals surface area (Å²) < 4.78 is 0. The number of nitro groups is 1. The van der Waals surface area contributed by atoms with E-state index in [-0.39, 0.29) is 0 Å². The van der Waals surface area contributed by atoms with Crippen molar-refractivity contribution in [1.29, 1.82) is 0 Å². The van der Waals surface area contributed by atoms with Gasteiger partial charge >= 0.3 is 5.82 Å². The topological polar surface area (TPSA) is 76.3 Å². The molecule has 1 aromatic heterocycles. The van der Waals surface area contributed by atoms with Crippen LogP contribution in [0.2, 0.25) is 0 Å². The Bertz CT molecular complexity index is 393. The fraction of sp³-hybridized carbons (Fsp3) is 0.222. The van der Waals surface area contributed by atoms with Crippen molar-refractivity contribution in [2.45, 2.75) is 6.42 Å². The van der Waals surface area contributed by atoms with Gasteiger partial charge in [-0.2, -0.15) is 0 Å². The van der Waals surface area contributed by atoms with Gasteiger partial charge in [-0.15, -0.1) is 11.6 Å². The number of hydrogen-bond acceptors (Lipinski definition) is 4. The molecule has 0 aliphatic heterocycles. The highest BCUT2D eigenvalue weighted by molar-refractivity contribution is 6.17. The van der Waals surface area contributed by atoms with Gasteiger partial charge in [-0.05, 0) is 34.5 Å². The summed E-state index contributed by atoms with van der Waals surface area (Å²) in [7, 11) is 0. The van der Waals surface area contributed by atoms with E-state index < -0.39 is 16.5 Å². The van der Waals surface area contributed by atoms with E-state index in [9.17, 15) is 10.1 Å². The molecule has 0 aliphatic carbocycles. The van der Waals surface area contributed by atoms with Gasteiger partial charge in [0.2, 0.25) is 5.75 Å². The first kappa shape index (κ1) is 11.5. The number of pyridine rings is 1. The second-order valence-corrected chi connectivity index (χ2v) is 3.09. The Hall–Kier alpha value is -1.62. The third-order valence-electron chi connectivity index (χ3n) is 1.61. The molecule has 0 saturated carbocycles. The Labute approximate surface area is 91.2 Å². The van der Waals surface area contributed by atoms with Crippen LogP contribution in [0.1, 0.15) is 12.1 Å². The second-order valence-electron chi connectivity index (χ2n) is 2.72. The van der Waals surface area contributed by atoms with Crippen LogP contribution in [0.3, 0.4) is 0 Å². The van der Waals surface area contributed by atoms with Crippen LogP contribution in [-0.4, -0.2) is 20.9 Å². The lowest BCUT2D eigenvalue weighted by Gasteiger charge is -1.95. The molecule has 1 heterocycles. The number of allylic oxidation sites excluding steroid dienone is 1. The molecule has 0 spiro atoms. The zero-order valence-electron chi connectivity index (χ0n) is 7.76. The number of aromatic nitrogens is 1. The highest BCUT2D eigenvalue weighted by atomic mass is 35.5. The summed E-state index contributed by atoms with van der Waals surface area (Å²) in [4.78, 5) is 13.4.